The third-order valence-corrected chi connectivity index (χ3v) is 6.13. The first kappa shape index (κ1) is 26.7. The average molecular weight is 516 g/mol. The van der Waals surface area contributed by atoms with Crippen LogP contribution in [0.1, 0.15) is 61.5 Å². The standard InChI is InChI=1S/C30H30FN3O4/c1-19(2)18-26(32-25-16-12-21(13-17-25)27(35)4-3-5-28(36)37)20-6-8-22(9-7-20)29-33-34-30(38-29)23-10-14-24(31)15-11-23/h6-17,19,26,32H,3-5,18H2,1-2H3,(H,36,37). The monoisotopic (exact) mass is 515 g/mol. The molecule has 38 heavy (non-hydrogen) atoms. The Bertz CT molecular complexity index is 1360. The number of ketones is 1. The second-order valence-corrected chi connectivity index (χ2v) is 9.62. The van der Waals surface area contributed by atoms with E-state index in [1.165, 1.54) is 12.1 Å². The van der Waals surface area contributed by atoms with Crippen molar-refractivity contribution in [2.75, 3.05) is 5.32 Å². The summed E-state index contributed by atoms with van der Waals surface area (Å²) in [5.74, 6) is -0.133. The smallest absolute Gasteiger partial charge is 0.303 e. The molecule has 196 valence electrons. The van der Waals surface area contributed by atoms with E-state index < -0.39 is 5.97 Å². The van der Waals surface area contributed by atoms with E-state index in [4.69, 9.17) is 9.52 Å². The largest absolute Gasteiger partial charge is 0.481 e. The van der Waals surface area contributed by atoms with Gasteiger partial charge in [0.2, 0.25) is 11.8 Å². The molecule has 1 heterocycles. The first-order valence-electron chi connectivity index (χ1n) is 12.6. The molecule has 0 saturated carbocycles. The fourth-order valence-electron chi connectivity index (χ4n) is 4.15. The van der Waals surface area contributed by atoms with Crippen LogP contribution in [0.25, 0.3) is 22.9 Å². The molecular weight excluding hydrogens is 485 g/mol. The van der Waals surface area contributed by atoms with Crippen molar-refractivity contribution in [2.24, 2.45) is 5.92 Å². The lowest BCUT2D eigenvalue weighted by Gasteiger charge is -2.22. The molecule has 4 rings (SSSR count). The van der Waals surface area contributed by atoms with Crippen LogP contribution >= 0.6 is 0 Å². The maximum Gasteiger partial charge on any atom is 0.303 e. The Morgan fingerprint density at radius 2 is 1.45 bits per heavy atom. The van der Waals surface area contributed by atoms with Crippen molar-refractivity contribution in [3.8, 4) is 22.9 Å². The van der Waals surface area contributed by atoms with Crippen LogP contribution in [-0.4, -0.2) is 27.1 Å². The lowest BCUT2D eigenvalue weighted by atomic mass is 9.95. The van der Waals surface area contributed by atoms with Crippen LogP contribution in [0.15, 0.2) is 77.2 Å². The Morgan fingerprint density at radius 3 is 2.00 bits per heavy atom. The molecule has 0 radical (unpaired) electrons. The molecule has 0 amide bonds. The van der Waals surface area contributed by atoms with Gasteiger partial charge < -0.3 is 14.8 Å². The summed E-state index contributed by atoms with van der Waals surface area (Å²) in [5, 5.41) is 20.6. The number of anilines is 1. The summed E-state index contributed by atoms with van der Waals surface area (Å²) >= 11 is 0. The number of carbonyl (C=O) groups is 2. The van der Waals surface area contributed by atoms with Gasteiger partial charge in [-0.1, -0.05) is 26.0 Å². The summed E-state index contributed by atoms with van der Waals surface area (Å²) in [6.07, 6.45) is 1.43. The summed E-state index contributed by atoms with van der Waals surface area (Å²) in [4.78, 5) is 23.0. The number of carbonyl (C=O) groups excluding carboxylic acids is 1. The molecule has 2 N–H and O–H groups in total. The summed E-state index contributed by atoms with van der Waals surface area (Å²) < 4.78 is 19.0. The number of aromatic nitrogens is 2. The van der Waals surface area contributed by atoms with Gasteiger partial charge in [-0.25, -0.2) is 4.39 Å². The van der Waals surface area contributed by atoms with Gasteiger partial charge in [-0.15, -0.1) is 10.2 Å². The van der Waals surface area contributed by atoms with Crippen molar-refractivity contribution in [1.82, 2.24) is 10.2 Å². The van der Waals surface area contributed by atoms with Crippen LogP contribution in [-0.2, 0) is 4.79 Å². The predicted molar refractivity (Wildman–Crippen MR) is 143 cm³/mol. The second-order valence-electron chi connectivity index (χ2n) is 9.62. The number of halogens is 1. The van der Waals surface area contributed by atoms with Crippen LogP contribution < -0.4 is 5.32 Å². The van der Waals surface area contributed by atoms with Crippen molar-refractivity contribution in [2.45, 2.75) is 45.6 Å². The molecule has 7 nitrogen and oxygen atoms in total. The number of Topliss-reactive ketones (excluding diaryl/α,β-unsaturated/α-hetero) is 1. The fraction of sp³-hybridized carbons (Fsp3) is 0.267. The first-order chi connectivity index (χ1) is 18.3. The molecule has 0 bridgehead atoms. The first-order valence-corrected chi connectivity index (χ1v) is 12.6. The molecular formula is C30H30FN3O4. The molecule has 1 unspecified atom stereocenters. The highest BCUT2D eigenvalue weighted by Crippen LogP contribution is 2.29. The number of carboxylic acid groups (broad SMARTS) is 1. The van der Waals surface area contributed by atoms with Gasteiger partial charge in [0.05, 0.1) is 6.04 Å². The number of hydrogen-bond donors (Lipinski definition) is 2. The number of benzene rings is 3. The molecule has 3 aromatic carbocycles. The SMILES string of the molecule is CC(C)CC(Nc1ccc(C(=O)CCCC(=O)O)cc1)c1ccc(-c2nnc(-c3ccc(F)cc3)o2)cc1. The number of hydrogen-bond acceptors (Lipinski definition) is 6. The van der Waals surface area contributed by atoms with E-state index >= 15 is 0 Å². The number of carboxylic acids is 1. The highest BCUT2D eigenvalue weighted by atomic mass is 19.1. The molecule has 0 aliphatic rings. The zero-order valence-corrected chi connectivity index (χ0v) is 21.4. The van der Waals surface area contributed by atoms with Crippen LogP contribution in [0.5, 0.6) is 0 Å². The minimum Gasteiger partial charge on any atom is -0.481 e. The molecule has 0 fully saturated rings. The highest BCUT2D eigenvalue weighted by Gasteiger charge is 2.16. The van der Waals surface area contributed by atoms with Crippen LogP contribution in [0.4, 0.5) is 10.1 Å². The number of nitrogens with zero attached hydrogens (tertiary/aromatic N) is 2. The van der Waals surface area contributed by atoms with E-state index in [2.05, 4.69) is 29.4 Å². The van der Waals surface area contributed by atoms with Gasteiger partial charge in [0.25, 0.3) is 0 Å². The Balaban J connectivity index is 1.44. The van der Waals surface area contributed by atoms with Gasteiger partial charge in [0.1, 0.15) is 5.82 Å². The second kappa shape index (κ2) is 12.3. The topological polar surface area (TPSA) is 105 Å². The van der Waals surface area contributed by atoms with Gasteiger partial charge in [0, 0.05) is 35.2 Å². The third kappa shape index (κ3) is 7.12. The quantitative estimate of drug-likeness (QED) is 0.193. The lowest BCUT2D eigenvalue weighted by Crippen LogP contribution is -2.13. The summed E-state index contributed by atoms with van der Waals surface area (Å²) in [7, 11) is 0. The molecule has 4 aromatic rings. The Hall–Kier alpha value is -4.33. The van der Waals surface area contributed by atoms with Crippen molar-refractivity contribution < 1.29 is 23.5 Å². The lowest BCUT2D eigenvalue weighted by molar-refractivity contribution is -0.137. The van der Waals surface area contributed by atoms with Gasteiger partial charge in [0.15, 0.2) is 5.78 Å². The normalized spacial score (nSPS) is 11.9. The number of aliphatic carboxylic acids is 1. The van der Waals surface area contributed by atoms with Gasteiger partial charge in [-0.3, -0.25) is 9.59 Å². The van der Waals surface area contributed by atoms with Crippen LogP contribution in [0, 0.1) is 11.7 Å². The van der Waals surface area contributed by atoms with E-state index in [9.17, 15) is 14.0 Å². The van der Waals surface area contributed by atoms with Crippen molar-refractivity contribution in [3.63, 3.8) is 0 Å². The van der Waals surface area contributed by atoms with Crippen LogP contribution in [0.3, 0.4) is 0 Å². The molecule has 0 aliphatic heterocycles. The van der Waals surface area contributed by atoms with Gasteiger partial charge in [-0.2, -0.15) is 0 Å². The number of nitrogens with one attached hydrogen (secondary N) is 1. The van der Waals surface area contributed by atoms with E-state index in [1.807, 2.05) is 36.4 Å². The summed E-state index contributed by atoms with van der Waals surface area (Å²) in [6.45, 7) is 4.33. The van der Waals surface area contributed by atoms with Crippen molar-refractivity contribution in [3.05, 3.63) is 89.7 Å². The molecule has 1 aromatic heterocycles. The molecule has 0 saturated heterocycles. The highest BCUT2D eigenvalue weighted by molar-refractivity contribution is 5.96. The van der Waals surface area contributed by atoms with Crippen LogP contribution in [0.2, 0.25) is 0 Å². The average Bonchev–Trinajstić information content (AvgIpc) is 3.39. The van der Waals surface area contributed by atoms with Gasteiger partial charge in [-0.05, 0) is 85.0 Å². The Labute approximate surface area is 220 Å². The van der Waals surface area contributed by atoms with E-state index in [0.717, 1.165) is 23.2 Å². The number of rotatable bonds is 12. The van der Waals surface area contributed by atoms with Crippen molar-refractivity contribution >= 4 is 17.4 Å². The minimum absolute atomic E-state index is 0.0110. The minimum atomic E-state index is -0.895. The summed E-state index contributed by atoms with van der Waals surface area (Å²) in [6, 6.07) is 21.2. The molecule has 0 aliphatic carbocycles. The Kier molecular flexibility index (Phi) is 8.63. The maximum atomic E-state index is 13.2. The molecule has 0 spiro atoms. The zero-order valence-electron chi connectivity index (χ0n) is 21.4. The Morgan fingerprint density at radius 1 is 0.868 bits per heavy atom. The fourth-order valence-corrected chi connectivity index (χ4v) is 4.15. The summed E-state index contributed by atoms with van der Waals surface area (Å²) in [5.41, 5.74) is 3.99. The van der Waals surface area contributed by atoms with Gasteiger partial charge >= 0.3 is 5.97 Å². The third-order valence-electron chi connectivity index (χ3n) is 6.13. The van der Waals surface area contributed by atoms with E-state index in [1.54, 1.807) is 24.3 Å². The predicted octanol–water partition coefficient (Wildman–Crippen LogP) is 7.18. The molecule has 1 atom stereocenters. The molecule has 8 heteroatoms. The van der Waals surface area contributed by atoms with E-state index in [-0.39, 0.29) is 30.5 Å². The zero-order chi connectivity index (χ0) is 27.1. The maximum absolute atomic E-state index is 13.2. The van der Waals surface area contributed by atoms with Crippen molar-refractivity contribution in [1.29, 1.82) is 0 Å². The van der Waals surface area contributed by atoms with E-state index in [0.29, 0.717) is 35.2 Å².